The van der Waals surface area contributed by atoms with Gasteiger partial charge in [0.25, 0.3) is 0 Å². The lowest BCUT2D eigenvalue weighted by Crippen LogP contribution is -2.29. The van der Waals surface area contributed by atoms with E-state index in [4.69, 9.17) is 0 Å². The van der Waals surface area contributed by atoms with Crippen molar-refractivity contribution in [3.63, 3.8) is 0 Å². The van der Waals surface area contributed by atoms with Gasteiger partial charge in [0.15, 0.2) is 0 Å². The molecule has 0 spiro atoms. The van der Waals surface area contributed by atoms with E-state index < -0.39 is 0 Å². The van der Waals surface area contributed by atoms with Gasteiger partial charge in [0, 0.05) is 12.5 Å². The molecule has 2 nitrogen and oxygen atoms in total. The van der Waals surface area contributed by atoms with Crippen LogP contribution in [0, 0.1) is 5.92 Å². The fraction of sp³-hybridized carbons (Fsp3) is 0.889. The standard InChI is InChI=1S/C9H19NO/c1-7(2)5-6-9(11)10-8(3)4/h7-8H,5-6H2,1-4H3,(H,10,11). The van der Waals surface area contributed by atoms with Gasteiger partial charge >= 0.3 is 0 Å². The molecule has 0 fully saturated rings. The first kappa shape index (κ1) is 10.5. The highest BCUT2D eigenvalue weighted by molar-refractivity contribution is 5.76. The van der Waals surface area contributed by atoms with Crippen LogP contribution in [0.5, 0.6) is 0 Å². The molecule has 0 aliphatic rings. The second-order valence-electron chi connectivity index (χ2n) is 3.65. The van der Waals surface area contributed by atoms with Gasteiger partial charge in [0.1, 0.15) is 0 Å². The molecule has 0 aromatic heterocycles. The minimum atomic E-state index is 0.175. The molecule has 66 valence electrons. The fourth-order valence-electron chi connectivity index (χ4n) is 0.814. The zero-order valence-electron chi connectivity index (χ0n) is 7.98. The van der Waals surface area contributed by atoms with E-state index in [1.165, 1.54) is 0 Å². The fourth-order valence-corrected chi connectivity index (χ4v) is 0.814. The van der Waals surface area contributed by atoms with E-state index in [9.17, 15) is 4.79 Å². The second-order valence-corrected chi connectivity index (χ2v) is 3.65. The Labute approximate surface area is 69.4 Å². The minimum Gasteiger partial charge on any atom is -0.354 e. The van der Waals surface area contributed by atoms with Crippen LogP contribution in [0.1, 0.15) is 40.5 Å². The Morgan fingerprint density at radius 2 is 1.82 bits per heavy atom. The lowest BCUT2D eigenvalue weighted by molar-refractivity contribution is -0.121. The van der Waals surface area contributed by atoms with E-state index >= 15 is 0 Å². The van der Waals surface area contributed by atoms with Crippen molar-refractivity contribution in [3.8, 4) is 0 Å². The molecule has 0 aliphatic heterocycles. The van der Waals surface area contributed by atoms with Gasteiger partial charge < -0.3 is 5.32 Å². The first-order valence-corrected chi connectivity index (χ1v) is 4.31. The highest BCUT2D eigenvalue weighted by Gasteiger charge is 2.03. The Morgan fingerprint density at radius 1 is 1.27 bits per heavy atom. The van der Waals surface area contributed by atoms with Crippen LogP contribution in [-0.2, 0) is 4.79 Å². The quantitative estimate of drug-likeness (QED) is 0.664. The highest BCUT2D eigenvalue weighted by Crippen LogP contribution is 2.02. The first-order valence-electron chi connectivity index (χ1n) is 4.31. The van der Waals surface area contributed by atoms with Crippen LogP contribution in [0.3, 0.4) is 0 Å². The molecule has 0 heterocycles. The minimum absolute atomic E-state index is 0.175. The van der Waals surface area contributed by atoms with Crippen molar-refractivity contribution in [2.75, 3.05) is 0 Å². The molecule has 0 saturated carbocycles. The first-order chi connectivity index (χ1) is 5.02. The molecule has 0 bridgehead atoms. The van der Waals surface area contributed by atoms with Gasteiger partial charge in [0.2, 0.25) is 5.91 Å². The Morgan fingerprint density at radius 3 is 2.18 bits per heavy atom. The van der Waals surface area contributed by atoms with Crippen LogP contribution in [0.15, 0.2) is 0 Å². The number of hydrogen-bond acceptors (Lipinski definition) is 1. The Balaban J connectivity index is 3.38. The van der Waals surface area contributed by atoms with E-state index in [1.54, 1.807) is 0 Å². The summed E-state index contributed by atoms with van der Waals surface area (Å²) in [5.74, 6) is 0.793. The predicted octanol–water partition coefficient (Wildman–Crippen LogP) is 1.95. The molecular weight excluding hydrogens is 138 g/mol. The number of hydrogen-bond donors (Lipinski definition) is 1. The van der Waals surface area contributed by atoms with Crippen molar-refractivity contribution in [2.24, 2.45) is 5.92 Å². The monoisotopic (exact) mass is 157 g/mol. The Hall–Kier alpha value is -0.530. The lowest BCUT2D eigenvalue weighted by Gasteiger charge is -2.08. The summed E-state index contributed by atoms with van der Waals surface area (Å²) >= 11 is 0. The van der Waals surface area contributed by atoms with Gasteiger partial charge in [-0.3, -0.25) is 4.79 Å². The van der Waals surface area contributed by atoms with E-state index in [-0.39, 0.29) is 11.9 Å². The molecule has 0 aromatic rings. The third-order valence-electron chi connectivity index (χ3n) is 1.40. The van der Waals surface area contributed by atoms with Crippen LogP contribution in [0.25, 0.3) is 0 Å². The van der Waals surface area contributed by atoms with E-state index in [2.05, 4.69) is 19.2 Å². The van der Waals surface area contributed by atoms with Crippen molar-refractivity contribution < 1.29 is 4.79 Å². The van der Waals surface area contributed by atoms with Crippen LogP contribution in [0.2, 0.25) is 0 Å². The zero-order valence-corrected chi connectivity index (χ0v) is 7.98. The Kier molecular flexibility index (Phi) is 4.92. The maximum absolute atomic E-state index is 11.0. The van der Waals surface area contributed by atoms with E-state index in [0.717, 1.165) is 6.42 Å². The number of rotatable bonds is 4. The zero-order chi connectivity index (χ0) is 8.85. The molecule has 1 N–H and O–H groups in total. The van der Waals surface area contributed by atoms with Gasteiger partial charge in [0.05, 0.1) is 0 Å². The molecule has 2 heteroatoms. The molecule has 0 saturated heterocycles. The molecule has 0 atom stereocenters. The summed E-state index contributed by atoms with van der Waals surface area (Å²) in [6, 6.07) is 0.273. The maximum atomic E-state index is 11.0. The summed E-state index contributed by atoms with van der Waals surface area (Å²) < 4.78 is 0. The second kappa shape index (κ2) is 5.16. The lowest BCUT2D eigenvalue weighted by atomic mass is 10.1. The van der Waals surface area contributed by atoms with Crippen molar-refractivity contribution in [1.82, 2.24) is 5.32 Å². The predicted molar refractivity (Wildman–Crippen MR) is 47.4 cm³/mol. The van der Waals surface area contributed by atoms with Crippen LogP contribution < -0.4 is 5.32 Å². The summed E-state index contributed by atoms with van der Waals surface area (Å²) in [6.45, 7) is 8.21. The van der Waals surface area contributed by atoms with E-state index in [0.29, 0.717) is 12.3 Å². The van der Waals surface area contributed by atoms with Gasteiger partial charge in [-0.2, -0.15) is 0 Å². The van der Waals surface area contributed by atoms with Gasteiger partial charge in [-0.1, -0.05) is 13.8 Å². The van der Waals surface area contributed by atoms with Gasteiger partial charge in [-0.05, 0) is 26.2 Å². The SMILES string of the molecule is CC(C)CCC(=O)NC(C)C. The third kappa shape index (κ3) is 7.37. The molecule has 11 heavy (non-hydrogen) atoms. The van der Waals surface area contributed by atoms with Gasteiger partial charge in [-0.15, -0.1) is 0 Å². The maximum Gasteiger partial charge on any atom is 0.220 e. The molecule has 0 rings (SSSR count). The van der Waals surface area contributed by atoms with E-state index in [1.807, 2.05) is 13.8 Å². The summed E-state index contributed by atoms with van der Waals surface area (Å²) in [5, 5.41) is 2.86. The van der Waals surface area contributed by atoms with Crippen molar-refractivity contribution in [2.45, 2.75) is 46.6 Å². The molecule has 0 aromatic carbocycles. The van der Waals surface area contributed by atoms with Crippen LogP contribution >= 0.6 is 0 Å². The third-order valence-corrected chi connectivity index (χ3v) is 1.40. The van der Waals surface area contributed by atoms with Gasteiger partial charge in [-0.25, -0.2) is 0 Å². The average molecular weight is 157 g/mol. The Bertz CT molecular complexity index is 119. The summed E-state index contributed by atoms with van der Waals surface area (Å²) in [7, 11) is 0. The number of amides is 1. The summed E-state index contributed by atoms with van der Waals surface area (Å²) in [5.41, 5.74) is 0. The molecule has 0 aliphatic carbocycles. The van der Waals surface area contributed by atoms with Crippen molar-refractivity contribution in [3.05, 3.63) is 0 Å². The molecule has 1 amide bonds. The van der Waals surface area contributed by atoms with Crippen molar-refractivity contribution >= 4 is 5.91 Å². The summed E-state index contributed by atoms with van der Waals surface area (Å²) in [4.78, 5) is 11.0. The van der Waals surface area contributed by atoms with Crippen LogP contribution in [-0.4, -0.2) is 11.9 Å². The topological polar surface area (TPSA) is 29.1 Å². The largest absolute Gasteiger partial charge is 0.354 e. The molecular formula is C9H19NO. The number of nitrogens with one attached hydrogen (secondary N) is 1. The molecule has 0 unspecified atom stereocenters. The normalized spacial score (nSPS) is 10.7. The summed E-state index contributed by atoms with van der Waals surface area (Å²) in [6.07, 6.45) is 1.65. The highest BCUT2D eigenvalue weighted by atomic mass is 16.1. The van der Waals surface area contributed by atoms with Crippen molar-refractivity contribution in [1.29, 1.82) is 0 Å². The average Bonchev–Trinajstić information content (AvgIpc) is 1.82. The smallest absolute Gasteiger partial charge is 0.220 e. The van der Waals surface area contributed by atoms with Crippen LogP contribution in [0.4, 0.5) is 0 Å². The number of carbonyl (C=O) groups excluding carboxylic acids is 1. The molecule has 0 radical (unpaired) electrons. The number of carbonyl (C=O) groups is 1.